The maximum absolute atomic E-state index is 12.5. The summed E-state index contributed by atoms with van der Waals surface area (Å²) in [5.41, 5.74) is 6.16. The fourth-order valence-corrected chi connectivity index (χ4v) is 2.64. The van der Waals surface area contributed by atoms with Crippen molar-refractivity contribution in [3.05, 3.63) is 52.6 Å². The molecule has 1 heterocycles. The molecule has 0 bridgehead atoms. The number of amides is 1. The Morgan fingerprint density at radius 3 is 2.74 bits per heavy atom. The van der Waals surface area contributed by atoms with E-state index in [2.05, 4.69) is 26.2 Å². The van der Waals surface area contributed by atoms with E-state index in [0.717, 1.165) is 17.3 Å². The molecule has 0 spiro atoms. The monoisotopic (exact) mass is 375 g/mol. The van der Waals surface area contributed by atoms with E-state index in [1.54, 1.807) is 18.3 Å². The Kier molecular flexibility index (Phi) is 4.93. The van der Waals surface area contributed by atoms with Gasteiger partial charge in [0.15, 0.2) is 0 Å². The predicted octanol–water partition coefficient (Wildman–Crippen LogP) is 3.10. The number of nitrogens with one attached hydrogen (secondary N) is 1. The molecule has 1 aromatic carbocycles. The largest absolute Gasteiger partial charge is 0.438 e. The minimum atomic E-state index is -0.201. The van der Waals surface area contributed by atoms with Gasteiger partial charge in [0.2, 0.25) is 5.88 Å². The normalized spacial score (nSPS) is 15.0. The lowest BCUT2D eigenvalue weighted by Crippen LogP contribution is -2.41. The number of halogens is 1. The Balaban J connectivity index is 1.76. The van der Waals surface area contributed by atoms with Crippen LogP contribution in [-0.2, 0) is 0 Å². The zero-order chi connectivity index (χ0) is 16.2. The summed E-state index contributed by atoms with van der Waals surface area (Å²) in [4.78, 5) is 16.7. The lowest BCUT2D eigenvalue weighted by Gasteiger charge is -2.17. The number of ether oxygens (including phenoxy) is 1. The molecule has 1 fully saturated rings. The minimum absolute atomic E-state index is 0.0169. The molecule has 1 aliphatic rings. The van der Waals surface area contributed by atoms with Gasteiger partial charge in [0, 0.05) is 23.3 Å². The second-order valence-electron chi connectivity index (χ2n) is 5.57. The van der Waals surface area contributed by atoms with Crippen molar-refractivity contribution in [3.8, 4) is 11.6 Å². The number of carbonyl (C=O) groups is 1. The van der Waals surface area contributed by atoms with E-state index in [0.29, 0.717) is 29.7 Å². The third-order valence-electron chi connectivity index (χ3n) is 3.81. The van der Waals surface area contributed by atoms with Gasteiger partial charge in [-0.3, -0.25) is 4.79 Å². The average Bonchev–Trinajstić information content (AvgIpc) is 3.40. The number of pyridine rings is 1. The highest BCUT2D eigenvalue weighted by Crippen LogP contribution is 2.32. The van der Waals surface area contributed by atoms with Gasteiger partial charge in [-0.15, -0.1) is 0 Å². The number of rotatable bonds is 6. The van der Waals surface area contributed by atoms with Gasteiger partial charge in [-0.05, 0) is 55.2 Å². The lowest BCUT2D eigenvalue weighted by molar-refractivity contribution is 0.0930. The first-order valence-corrected chi connectivity index (χ1v) is 8.36. The van der Waals surface area contributed by atoms with E-state index >= 15 is 0 Å². The molecular formula is C17H18BrN3O2. The Bertz CT molecular complexity index is 686. The van der Waals surface area contributed by atoms with E-state index in [1.165, 1.54) is 0 Å². The second-order valence-corrected chi connectivity index (χ2v) is 6.48. The summed E-state index contributed by atoms with van der Waals surface area (Å²) in [7, 11) is 0. The molecule has 2 aromatic rings. The van der Waals surface area contributed by atoms with Crippen LogP contribution in [0.4, 0.5) is 0 Å². The molecular weight excluding hydrogens is 358 g/mol. The zero-order valence-corrected chi connectivity index (χ0v) is 14.1. The number of carbonyl (C=O) groups excluding carboxylic acids is 1. The number of benzene rings is 1. The Labute approximate surface area is 143 Å². The molecule has 0 saturated heterocycles. The fraction of sp³-hybridized carbons (Fsp3) is 0.294. The number of aromatic nitrogens is 1. The van der Waals surface area contributed by atoms with Gasteiger partial charge in [-0.1, -0.05) is 15.9 Å². The van der Waals surface area contributed by atoms with Gasteiger partial charge in [0.05, 0.1) is 0 Å². The third kappa shape index (κ3) is 4.09. The van der Waals surface area contributed by atoms with Gasteiger partial charge >= 0.3 is 0 Å². The molecule has 1 unspecified atom stereocenters. The van der Waals surface area contributed by atoms with Crippen LogP contribution in [0.1, 0.15) is 23.2 Å². The van der Waals surface area contributed by atoms with Crippen LogP contribution in [0.5, 0.6) is 11.6 Å². The van der Waals surface area contributed by atoms with Crippen molar-refractivity contribution in [1.29, 1.82) is 0 Å². The summed E-state index contributed by atoms with van der Waals surface area (Å²) >= 11 is 3.38. The molecule has 5 nitrogen and oxygen atoms in total. The first kappa shape index (κ1) is 16.0. The Morgan fingerprint density at radius 1 is 1.35 bits per heavy atom. The third-order valence-corrected chi connectivity index (χ3v) is 4.33. The van der Waals surface area contributed by atoms with E-state index in [4.69, 9.17) is 10.5 Å². The van der Waals surface area contributed by atoms with Gasteiger partial charge in [-0.25, -0.2) is 4.98 Å². The van der Waals surface area contributed by atoms with Gasteiger partial charge in [0.1, 0.15) is 11.3 Å². The van der Waals surface area contributed by atoms with Gasteiger partial charge in [0.25, 0.3) is 5.91 Å². The summed E-state index contributed by atoms with van der Waals surface area (Å²) in [6, 6.07) is 10.8. The zero-order valence-electron chi connectivity index (χ0n) is 12.5. The number of hydrogen-bond donors (Lipinski definition) is 2. The molecule has 1 saturated carbocycles. The van der Waals surface area contributed by atoms with E-state index in [9.17, 15) is 4.79 Å². The molecule has 1 aliphatic carbocycles. The molecule has 1 atom stereocenters. The molecule has 3 N–H and O–H groups in total. The number of nitrogens with zero attached hydrogens (tertiary/aromatic N) is 1. The predicted molar refractivity (Wildman–Crippen MR) is 91.5 cm³/mol. The summed E-state index contributed by atoms with van der Waals surface area (Å²) in [6.45, 7) is 0.444. The van der Waals surface area contributed by atoms with E-state index in [1.807, 2.05) is 24.3 Å². The van der Waals surface area contributed by atoms with Crippen molar-refractivity contribution in [3.63, 3.8) is 0 Å². The summed E-state index contributed by atoms with van der Waals surface area (Å²) in [5.74, 6) is 1.21. The maximum atomic E-state index is 12.5. The van der Waals surface area contributed by atoms with Crippen LogP contribution >= 0.6 is 15.9 Å². The maximum Gasteiger partial charge on any atom is 0.257 e. The number of hydrogen-bond acceptors (Lipinski definition) is 4. The first-order valence-electron chi connectivity index (χ1n) is 7.56. The Hall–Kier alpha value is -1.92. The highest BCUT2D eigenvalue weighted by Gasteiger charge is 2.32. The van der Waals surface area contributed by atoms with Crippen LogP contribution < -0.4 is 15.8 Å². The lowest BCUT2D eigenvalue weighted by atomic mass is 10.1. The smallest absolute Gasteiger partial charge is 0.257 e. The van der Waals surface area contributed by atoms with Crippen molar-refractivity contribution in [2.45, 2.75) is 18.9 Å². The average molecular weight is 376 g/mol. The molecule has 0 radical (unpaired) electrons. The molecule has 23 heavy (non-hydrogen) atoms. The van der Waals surface area contributed by atoms with E-state index < -0.39 is 0 Å². The first-order chi connectivity index (χ1) is 11.2. The van der Waals surface area contributed by atoms with Crippen LogP contribution in [0.2, 0.25) is 0 Å². The van der Waals surface area contributed by atoms with Crippen molar-refractivity contribution >= 4 is 21.8 Å². The van der Waals surface area contributed by atoms with Crippen molar-refractivity contribution in [2.75, 3.05) is 6.54 Å². The van der Waals surface area contributed by atoms with Gasteiger partial charge in [-0.2, -0.15) is 0 Å². The van der Waals surface area contributed by atoms with Crippen molar-refractivity contribution in [2.24, 2.45) is 11.7 Å². The van der Waals surface area contributed by atoms with Gasteiger partial charge < -0.3 is 15.8 Å². The van der Waals surface area contributed by atoms with E-state index in [-0.39, 0.29) is 11.9 Å². The summed E-state index contributed by atoms with van der Waals surface area (Å²) in [5, 5.41) is 2.99. The second kappa shape index (κ2) is 7.10. The fourth-order valence-electron chi connectivity index (χ4n) is 2.37. The molecule has 120 valence electrons. The highest BCUT2D eigenvalue weighted by atomic mass is 79.9. The van der Waals surface area contributed by atoms with Crippen molar-refractivity contribution < 1.29 is 9.53 Å². The number of nitrogens with two attached hydrogens (primary N) is 1. The molecule has 1 aromatic heterocycles. The topological polar surface area (TPSA) is 77.2 Å². The molecule has 3 rings (SSSR count). The molecule has 1 amide bonds. The van der Waals surface area contributed by atoms with Crippen LogP contribution in [0.25, 0.3) is 0 Å². The minimum Gasteiger partial charge on any atom is -0.438 e. The SMILES string of the molecule is NCC(NC(=O)c1cccnc1Oc1ccc(Br)cc1)C1CC1. The Morgan fingerprint density at radius 2 is 2.09 bits per heavy atom. The summed E-state index contributed by atoms with van der Waals surface area (Å²) < 4.78 is 6.71. The quantitative estimate of drug-likeness (QED) is 0.812. The van der Waals surface area contributed by atoms with Crippen LogP contribution in [0, 0.1) is 5.92 Å². The highest BCUT2D eigenvalue weighted by molar-refractivity contribution is 9.10. The van der Waals surface area contributed by atoms with Crippen LogP contribution in [0.15, 0.2) is 47.1 Å². The van der Waals surface area contributed by atoms with Crippen LogP contribution in [-0.4, -0.2) is 23.5 Å². The molecule has 6 heteroatoms. The molecule has 0 aliphatic heterocycles. The standard InChI is InChI=1S/C17H18BrN3O2/c18-12-5-7-13(8-6-12)23-17-14(2-1-9-20-17)16(22)21-15(10-19)11-3-4-11/h1-2,5-9,11,15H,3-4,10,19H2,(H,21,22). The summed E-state index contributed by atoms with van der Waals surface area (Å²) in [6.07, 6.45) is 3.85. The van der Waals surface area contributed by atoms with Crippen molar-refractivity contribution in [1.82, 2.24) is 10.3 Å². The van der Waals surface area contributed by atoms with Crippen LogP contribution in [0.3, 0.4) is 0 Å².